The van der Waals surface area contributed by atoms with Crippen molar-refractivity contribution in [3.8, 4) is 0 Å². The van der Waals surface area contributed by atoms with Gasteiger partial charge in [-0.05, 0) is 12.8 Å². The Balaban J connectivity index is 0. The summed E-state index contributed by atoms with van der Waals surface area (Å²) in [5.74, 6) is 0. The minimum Gasteiger partial charge on any atom is -0.302 e. The highest BCUT2D eigenvalue weighted by atomic mass is 31.0. The molecule has 0 aromatic carbocycles. The maximum absolute atomic E-state index is 10.2. The molecule has 13 heavy (non-hydrogen) atoms. The van der Waals surface area contributed by atoms with E-state index in [1.54, 1.807) is 0 Å². The molecule has 0 amide bonds. The van der Waals surface area contributed by atoms with E-state index < -0.39 is 0 Å². The molecule has 1 aliphatic heterocycles. The molecule has 1 aliphatic rings. The monoisotopic (exact) mass is 205 g/mol. The SMILES string of the molecule is CC.CCC.O=CC1CCCN1P. The molecule has 3 heteroatoms. The van der Waals surface area contributed by atoms with Crippen molar-refractivity contribution in [1.29, 1.82) is 0 Å². The van der Waals surface area contributed by atoms with Gasteiger partial charge in [0.2, 0.25) is 0 Å². The molecule has 0 radical (unpaired) electrons. The molecule has 1 fully saturated rings. The van der Waals surface area contributed by atoms with Crippen LogP contribution in [-0.2, 0) is 4.79 Å². The average molecular weight is 205 g/mol. The van der Waals surface area contributed by atoms with Crippen LogP contribution in [0.3, 0.4) is 0 Å². The van der Waals surface area contributed by atoms with E-state index in [2.05, 4.69) is 23.2 Å². The summed E-state index contributed by atoms with van der Waals surface area (Å²) in [5.41, 5.74) is 0. The Morgan fingerprint density at radius 3 is 2.08 bits per heavy atom. The fraction of sp³-hybridized carbons (Fsp3) is 0.900. The van der Waals surface area contributed by atoms with Crippen molar-refractivity contribution < 1.29 is 4.79 Å². The highest BCUT2D eigenvalue weighted by molar-refractivity contribution is 7.13. The van der Waals surface area contributed by atoms with Gasteiger partial charge in [0.15, 0.2) is 0 Å². The third-order valence-electron chi connectivity index (χ3n) is 1.50. The number of carbonyl (C=O) groups is 1. The maximum Gasteiger partial charge on any atom is 0.137 e. The zero-order chi connectivity index (χ0) is 10.7. The van der Waals surface area contributed by atoms with Crippen LogP contribution in [0, 0.1) is 0 Å². The van der Waals surface area contributed by atoms with Gasteiger partial charge >= 0.3 is 0 Å². The fourth-order valence-corrected chi connectivity index (χ4v) is 1.36. The smallest absolute Gasteiger partial charge is 0.137 e. The molecule has 0 aromatic rings. The van der Waals surface area contributed by atoms with E-state index in [1.807, 2.05) is 18.5 Å². The Labute approximate surface area is 85.3 Å². The lowest BCUT2D eigenvalue weighted by molar-refractivity contribution is -0.110. The van der Waals surface area contributed by atoms with Crippen molar-refractivity contribution in [2.45, 2.75) is 53.0 Å². The first-order valence-corrected chi connectivity index (χ1v) is 5.74. The van der Waals surface area contributed by atoms with E-state index >= 15 is 0 Å². The van der Waals surface area contributed by atoms with Gasteiger partial charge in [0.1, 0.15) is 6.29 Å². The largest absolute Gasteiger partial charge is 0.302 e. The number of hydrogen-bond acceptors (Lipinski definition) is 2. The molecule has 1 heterocycles. The number of hydrogen-bond donors (Lipinski definition) is 0. The van der Waals surface area contributed by atoms with Crippen LogP contribution in [0.5, 0.6) is 0 Å². The van der Waals surface area contributed by atoms with Crippen LogP contribution in [0.1, 0.15) is 47.0 Å². The summed E-state index contributed by atoms with van der Waals surface area (Å²) < 4.78 is 2.01. The number of carbonyl (C=O) groups excluding carboxylic acids is 1. The summed E-state index contributed by atoms with van der Waals surface area (Å²) in [6.07, 6.45) is 4.46. The first kappa shape index (κ1) is 15.5. The molecule has 0 spiro atoms. The van der Waals surface area contributed by atoms with E-state index in [-0.39, 0.29) is 6.04 Å². The van der Waals surface area contributed by atoms with E-state index in [0.29, 0.717) is 0 Å². The van der Waals surface area contributed by atoms with Gasteiger partial charge in [-0.1, -0.05) is 43.5 Å². The van der Waals surface area contributed by atoms with Crippen molar-refractivity contribution >= 4 is 15.7 Å². The molecule has 1 rings (SSSR count). The summed E-state index contributed by atoms with van der Waals surface area (Å²) in [5, 5.41) is 0. The lowest BCUT2D eigenvalue weighted by Crippen LogP contribution is -2.19. The van der Waals surface area contributed by atoms with Crippen LogP contribution in [0.2, 0.25) is 0 Å². The Hall–Kier alpha value is 0.0600. The van der Waals surface area contributed by atoms with Crippen LogP contribution in [0.25, 0.3) is 0 Å². The molecule has 0 N–H and O–H groups in total. The summed E-state index contributed by atoms with van der Waals surface area (Å²) in [4.78, 5) is 10.2. The zero-order valence-corrected chi connectivity index (χ0v) is 10.6. The quantitative estimate of drug-likeness (QED) is 0.484. The van der Waals surface area contributed by atoms with Gasteiger partial charge in [-0.2, -0.15) is 0 Å². The number of rotatable bonds is 1. The molecule has 2 atom stereocenters. The van der Waals surface area contributed by atoms with Gasteiger partial charge in [0.25, 0.3) is 0 Å². The number of nitrogens with zero attached hydrogens (tertiary/aromatic N) is 1. The Morgan fingerprint density at radius 1 is 1.46 bits per heavy atom. The van der Waals surface area contributed by atoms with Crippen LogP contribution >= 0.6 is 9.39 Å². The summed E-state index contributed by atoms with van der Waals surface area (Å²) in [6, 6.07) is 0.181. The van der Waals surface area contributed by atoms with E-state index in [9.17, 15) is 4.79 Å². The topological polar surface area (TPSA) is 20.3 Å². The second-order valence-electron chi connectivity index (χ2n) is 2.79. The highest BCUT2D eigenvalue weighted by Crippen LogP contribution is 2.18. The molecule has 0 saturated carbocycles. The molecule has 1 saturated heterocycles. The van der Waals surface area contributed by atoms with E-state index in [0.717, 1.165) is 25.7 Å². The first-order valence-electron chi connectivity index (χ1n) is 5.22. The predicted octanol–water partition coefficient (Wildman–Crippen LogP) is 2.88. The van der Waals surface area contributed by atoms with Gasteiger partial charge in [-0.15, -0.1) is 0 Å². The van der Waals surface area contributed by atoms with E-state index in [1.165, 1.54) is 6.42 Å². The Morgan fingerprint density at radius 2 is 1.92 bits per heavy atom. The molecule has 80 valence electrons. The Bertz CT molecular complexity index is 109. The molecular formula is C10H24NOP. The van der Waals surface area contributed by atoms with Gasteiger partial charge in [-0.3, -0.25) is 4.67 Å². The first-order chi connectivity index (χ1) is 6.26. The van der Waals surface area contributed by atoms with Crippen LogP contribution in [0.4, 0.5) is 0 Å². The fourth-order valence-electron chi connectivity index (χ4n) is 0.961. The third-order valence-corrected chi connectivity index (χ3v) is 2.14. The average Bonchev–Trinajstić information content (AvgIpc) is 2.56. The van der Waals surface area contributed by atoms with Gasteiger partial charge in [-0.25, -0.2) is 0 Å². The lowest BCUT2D eigenvalue weighted by atomic mass is 10.2. The van der Waals surface area contributed by atoms with Crippen LogP contribution < -0.4 is 0 Å². The molecule has 0 aromatic heterocycles. The van der Waals surface area contributed by atoms with Crippen molar-refractivity contribution in [1.82, 2.24) is 4.67 Å². The normalized spacial score (nSPS) is 20.8. The molecule has 2 nitrogen and oxygen atoms in total. The van der Waals surface area contributed by atoms with Crippen LogP contribution in [0.15, 0.2) is 0 Å². The number of aldehydes is 1. The second kappa shape index (κ2) is 12.1. The molecular weight excluding hydrogens is 181 g/mol. The second-order valence-corrected chi connectivity index (χ2v) is 3.45. The van der Waals surface area contributed by atoms with Crippen molar-refractivity contribution in [2.75, 3.05) is 6.54 Å². The van der Waals surface area contributed by atoms with E-state index in [4.69, 9.17) is 0 Å². The predicted molar refractivity (Wildman–Crippen MR) is 62.8 cm³/mol. The minimum absolute atomic E-state index is 0.181. The van der Waals surface area contributed by atoms with Crippen molar-refractivity contribution in [3.63, 3.8) is 0 Å². The van der Waals surface area contributed by atoms with Gasteiger partial charge in [0.05, 0.1) is 6.04 Å². The van der Waals surface area contributed by atoms with Gasteiger partial charge < -0.3 is 4.79 Å². The summed E-state index contributed by atoms with van der Waals surface area (Å²) in [7, 11) is 2.56. The molecule has 0 bridgehead atoms. The summed E-state index contributed by atoms with van der Waals surface area (Å²) >= 11 is 0. The molecule has 2 unspecified atom stereocenters. The maximum atomic E-state index is 10.2. The minimum atomic E-state index is 0.181. The zero-order valence-electron chi connectivity index (χ0n) is 9.42. The Kier molecular flexibility index (Phi) is 14.4. The standard InChI is InChI=1S/C5H10NOP.C3H8.C2H6/c7-4-5-2-1-3-6(5)8;1-3-2;1-2/h4-5H,1-3,8H2;3H2,1-2H3;1-2H3. The lowest BCUT2D eigenvalue weighted by Gasteiger charge is -2.10. The molecule has 0 aliphatic carbocycles. The third kappa shape index (κ3) is 8.39. The highest BCUT2D eigenvalue weighted by Gasteiger charge is 2.19. The van der Waals surface area contributed by atoms with Gasteiger partial charge in [0, 0.05) is 6.54 Å². The summed E-state index contributed by atoms with van der Waals surface area (Å²) in [6.45, 7) is 9.30. The van der Waals surface area contributed by atoms with Crippen LogP contribution in [-0.4, -0.2) is 23.5 Å². The van der Waals surface area contributed by atoms with Crippen molar-refractivity contribution in [2.24, 2.45) is 0 Å². The van der Waals surface area contributed by atoms with Crippen molar-refractivity contribution in [3.05, 3.63) is 0 Å².